The monoisotopic (exact) mass is 525 g/mol. The normalized spacial score (nSPS) is 14.3. The molecule has 0 radical (unpaired) electrons. The molecule has 0 bridgehead atoms. The summed E-state index contributed by atoms with van der Waals surface area (Å²) in [6.07, 6.45) is 3.77. The number of urea groups is 1. The van der Waals surface area contributed by atoms with Gasteiger partial charge < -0.3 is 30.3 Å². The molecule has 0 atom stereocenters. The number of ether oxygens (including phenoxy) is 2. The summed E-state index contributed by atoms with van der Waals surface area (Å²) in [6, 6.07) is 9.91. The van der Waals surface area contributed by atoms with E-state index in [9.17, 15) is 9.59 Å². The minimum Gasteiger partial charge on any atom is -0.492 e. The molecule has 0 unspecified atom stereocenters. The third-order valence-electron chi connectivity index (χ3n) is 6.34. The van der Waals surface area contributed by atoms with E-state index >= 15 is 0 Å². The Hall–Kier alpha value is -3.56. The molecular weight excluding hydrogens is 494 g/mol. The first-order valence-corrected chi connectivity index (χ1v) is 12.7. The van der Waals surface area contributed by atoms with Gasteiger partial charge in [-0.05, 0) is 70.1 Å². The van der Waals surface area contributed by atoms with Gasteiger partial charge in [0.05, 0.1) is 28.4 Å². The molecule has 4 rings (SSSR count). The van der Waals surface area contributed by atoms with Crippen molar-refractivity contribution >= 4 is 40.1 Å². The number of nitrogens with zero attached hydrogens (tertiary/aromatic N) is 2. The number of pyridine rings is 1. The number of carbonyl (C=O) groups is 2. The lowest BCUT2D eigenvalue weighted by Gasteiger charge is -2.29. The lowest BCUT2D eigenvalue weighted by molar-refractivity contribution is 0.0956. The molecule has 10 heteroatoms. The zero-order valence-corrected chi connectivity index (χ0v) is 22.0. The molecule has 3 N–H and O–H groups in total. The lowest BCUT2D eigenvalue weighted by atomic mass is 9.98. The number of amides is 3. The Balaban J connectivity index is 1.58. The molecule has 2 heterocycles. The Kier molecular flexibility index (Phi) is 8.68. The van der Waals surface area contributed by atoms with Gasteiger partial charge in [-0.3, -0.25) is 9.78 Å². The number of halogens is 1. The first kappa shape index (κ1) is 26.5. The summed E-state index contributed by atoms with van der Waals surface area (Å²) >= 11 is 6.36. The van der Waals surface area contributed by atoms with Gasteiger partial charge in [0.1, 0.15) is 17.2 Å². The van der Waals surface area contributed by atoms with Gasteiger partial charge >= 0.3 is 6.03 Å². The summed E-state index contributed by atoms with van der Waals surface area (Å²) < 4.78 is 12.3. The number of hydrogen-bond acceptors (Lipinski definition) is 6. The van der Waals surface area contributed by atoms with Gasteiger partial charge in [0, 0.05) is 37.3 Å². The molecule has 37 heavy (non-hydrogen) atoms. The van der Waals surface area contributed by atoms with E-state index in [4.69, 9.17) is 21.1 Å². The first-order chi connectivity index (χ1) is 17.9. The maximum Gasteiger partial charge on any atom is 0.319 e. The second-order valence-electron chi connectivity index (χ2n) is 9.04. The lowest BCUT2D eigenvalue weighted by Crippen LogP contribution is -2.32. The second kappa shape index (κ2) is 12.1. The number of hydrogen-bond donors (Lipinski definition) is 3. The molecule has 1 saturated heterocycles. The average molecular weight is 526 g/mol. The smallest absolute Gasteiger partial charge is 0.319 e. The molecule has 1 aliphatic heterocycles. The van der Waals surface area contributed by atoms with Crippen LogP contribution in [0.3, 0.4) is 0 Å². The van der Waals surface area contributed by atoms with Gasteiger partial charge in [-0.15, -0.1) is 0 Å². The summed E-state index contributed by atoms with van der Waals surface area (Å²) in [5.41, 5.74) is 1.53. The fourth-order valence-corrected chi connectivity index (χ4v) is 4.44. The van der Waals surface area contributed by atoms with Gasteiger partial charge in [-0.25, -0.2) is 4.79 Å². The number of rotatable bonds is 8. The quantitative estimate of drug-likeness (QED) is 0.386. The molecule has 196 valence electrons. The molecule has 0 saturated carbocycles. The highest BCUT2D eigenvalue weighted by Crippen LogP contribution is 2.35. The Labute approximate surface area is 221 Å². The van der Waals surface area contributed by atoms with Crippen molar-refractivity contribution in [3.8, 4) is 17.2 Å². The average Bonchev–Trinajstić information content (AvgIpc) is 2.89. The summed E-state index contributed by atoms with van der Waals surface area (Å²) in [5.74, 6) is 1.68. The third kappa shape index (κ3) is 6.61. The predicted octanol–water partition coefficient (Wildman–Crippen LogP) is 4.90. The maximum atomic E-state index is 12.7. The van der Waals surface area contributed by atoms with E-state index in [0.29, 0.717) is 63.5 Å². The van der Waals surface area contributed by atoms with Gasteiger partial charge in [0.2, 0.25) is 0 Å². The minimum absolute atomic E-state index is 0.251. The van der Waals surface area contributed by atoms with Crippen molar-refractivity contribution in [2.45, 2.75) is 19.8 Å². The first-order valence-electron chi connectivity index (χ1n) is 12.4. The molecular formula is C27H32ClN5O4. The van der Waals surface area contributed by atoms with Crippen LogP contribution in [0.4, 0.5) is 10.5 Å². The van der Waals surface area contributed by atoms with Gasteiger partial charge in [0.15, 0.2) is 0 Å². The second-order valence-corrected chi connectivity index (χ2v) is 9.45. The molecule has 9 nitrogen and oxygen atoms in total. The maximum absolute atomic E-state index is 12.7. The topological polar surface area (TPSA) is 105 Å². The molecule has 0 spiro atoms. The Morgan fingerprint density at radius 1 is 1.14 bits per heavy atom. The molecule has 1 aromatic heterocycles. The predicted molar refractivity (Wildman–Crippen MR) is 145 cm³/mol. The Bertz CT molecular complexity index is 1280. The van der Waals surface area contributed by atoms with Crippen LogP contribution in [0.5, 0.6) is 17.2 Å². The van der Waals surface area contributed by atoms with Crippen LogP contribution in [0.2, 0.25) is 5.02 Å². The van der Waals surface area contributed by atoms with Crippen LogP contribution >= 0.6 is 11.6 Å². The molecule has 1 aliphatic rings. The van der Waals surface area contributed by atoms with E-state index in [1.807, 2.05) is 6.92 Å². The number of piperidine rings is 1. The summed E-state index contributed by atoms with van der Waals surface area (Å²) in [6.45, 7) is 4.97. The van der Waals surface area contributed by atoms with Crippen molar-refractivity contribution in [3.05, 3.63) is 53.2 Å². The van der Waals surface area contributed by atoms with Crippen LogP contribution in [0, 0.1) is 5.92 Å². The van der Waals surface area contributed by atoms with E-state index in [-0.39, 0.29) is 11.9 Å². The van der Waals surface area contributed by atoms with Crippen molar-refractivity contribution in [1.29, 1.82) is 0 Å². The number of aromatic nitrogens is 1. The van der Waals surface area contributed by atoms with Crippen LogP contribution in [0.15, 0.2) is 42.6 Å². The number of fused-ring (bicyclic) bond motifs is 1. The molecule has 3 aromatic rings. The summed E-state index contributed by atoms with van der Waals surface area (Å²) in [7, 11) is 3.72. The molecule has 2 aromatic carbocycles. The standard InChI is InChI=1S/C27H32ClN5O4/c1-4-30-27(35)32-22-6-5-18(13-21(22)28)37-24-7-10-31-23-15-25(20(14-19(23)24)26(34)29-2)36-16-17-8-11-33(3)12-9-17/h5-7,10,13-15,17H,4,8-9,11-12,16H2,1-3H3,(H,29,34)(H2,30,32,35). The third-order valence-corrected chi connectivity index (χ3v) is 6.65. The zero-order chi connectivity index (χ0) is 26.4. The van der Waals surface area contributed by atoms with Crippen molar-refractivity contribution in [2.75, 3.05) is 45.7 Å². The highest BCUT2D eigenvalue weighted by atomic mass is 35.5. The van der Waals surface area contributed by atoms with E-state index in [1.54, 1.807) is 49.6 Å². The fourth-order valence-electron chi connectivity index (χ4n) is 4.22. The van der Waals surface area contributed by atoms with Crippen LogP contribution in [-0.4, -0.2) is 62.2 Å². The molecule has 1 fully saturated rings. The Morgan fingerprint density at radius 2 is 1.92 bits per heavy atom. The highest BCUT2D eigenvalue weighted by molar-refractivity contribution is 6.33. The summed E-state index contributed by atoms with van der Waals surface area (Å²) in [4.78, 5) is 31.3. The number of likely N-dealkylation sites (tertiary alicyclic amines) is 1. The largest absolute Gasteiger partial charge is 0.492 e. The van der Waals surface area contributed by atoms with E-state index in [0.717, 1.165) is 25.9 Å². The van der Waals surface area contributed by atoms with Gasteiger partial charge in [-0.2, -0.15) is 0 Å². The molecule has 3 amide bonds. The molecule has 0 aliphatic carbocycles. The van der Waals surface area contributed by atoms with Crippen LogP contribution in [-0.2, 0) is 0 Å². The van der Waals surface area contributed by atoms with Crippen LogP contribution in [0.1, 0.15) is 30.1 Å². The number of benzene rings is 2. The zero-order valence-electron chi connectivity index (χ0n) is 21.3. The van der Waals surface area contributed by atoms with Crippen LogP contribution < -0.4 is 25.4 Å². The minimum atomic E-state index is -0.339. The number of carbonyl (C=O) groups excluding carboxylic acids is 2. The van der Waals surface area contributed by atoms with Gasteiger partial charge in [-0.1, -0.05) is 11.6 Å². The van der Waals surface area contributed by atoms with E-state index < -0.39 is 0 Å². The van der Waals surface area contributed by atoms with Crippen molar-refractivity contribution < 1.29 is 19.1 Å². The van der Waals surface area contributed by atoms with Crippen molar-refractivity contribution in [3.63, 3.8) is 0 Å². The van der Waals surface area contributed by atoms with Crippen molar-refractivity contribution in [1.82, 2.24) is 20.5 Å². The fraction of sp³-hybridized carbons (Fsp3) is 0.370. The van der Waals surface area contributed by atoms with Gasteiger partial charge in [0.25, 0.3) is 5.91 Å². The van der Waals surface area contributed by atoms with Crippen LogP contribution in [0.25, 0.3) is 10.9 Å². The SMILES string of the molecule is CCNC(=O)Nc1ccc(Oc2ccnc3cc(OCC4CCN(C)CC4)c(C(=O)NC)cc23)cc1Cl. The van der Waals surface area contributed by atoms with Crippen molar-refractivity contribution in [2.24, 2.45) is 5.92 Å². The number of anilines is 1. The highest BCUT2D eigenvalue weighted by Gasteiger charge is 2.20. The Morgan fingerprint density at radius 3 is 2.62 bits per heavy atom. The van der Waals surface area contributed by atoms with E-state index in [2.05, 4.69) is 32.9 Å². The van der Waals surface area contributed by atoms with E-state index in [1.165, 1.54) is 0 Å². The summed E-state index contributed by atoms with van der Waals surface area (Å²) in [5, 5.41) is 9.04. The number of nitrogens with one attached hydrogen (secondary N) is 3.